The minimum absolute atomic E-state index is 0.0526. The summed E-state index contributed by atoms with van der Waals surface area (Å²) in [5.41, 5.74) is -0.814. The van der Waals surface area contributed by atoms with E-state index < -0.39 is 23.3 Å². The Balaban J connectivity index is 1.57. The fourth-order valence-corrected chi connectivity index (χ4v) is 3.49. The molecule has 8 nitrogen and oxygen atoms in total. The van der Waals surface area contributed by atoms with E-state index in [1.165, 1.54) is 24.1 Å². The van der Waals surface area contributed by atoms with Crippen LogP contribution in [0.3, 0.4) is 0 Å². The van der Waals surface area contributed by atoms with Crippen molar-refractivity contribution < 1.29 is 22.7 Å². The quantitative estimate of drug-likeness (QED) is 0.667. The highest BCUT2D eigenvalue weighted by Crippen LogP contribution is 2.34. The van der Waals surface area contributed by atoms with Crippen LogP contribution in [0.4, 0.5) is 18.9 Å². The van der Waals surface area contributed by atoms with Crippen molar-refractivity contribution in [2.24, 2.45) is 0 Å². The van der Waals surface area contributed by atoms with Crippen LogP contribution in [0.1, 0.15) is 22.5 Å². The summed E-state index contributed by atoms with van der Waals surface area (Å²) in [7, 11) is 1.37. The molecular formula is C20H19F3N6O2. The molecule has 0 saturated carbocycles. The maximum Gasteiger partial charge on any atom is 0.434 e. The van der Waals surface area contributed by atoms with E-state index in [0.29, 0.717) is 24.2 Å². The number of alkyl halides is 3. The fourth-order valence-electron chi connectivity index (χ4n) is 3.49. The molecule has 0 spiro atoms. The van der Waals surface area contributed by atoms with E-state index in [4.69, 9.17) is 4.74 Å². The number of amides is 1. The number of ether oxygens (including phenoxy) is 1. The topological polar surface area (TPSA) is 85.2 Å². The smallest absolute Gasteiger partial charge is 0.434 e. The number of nitrogens with zero attached hydrogens (tertiary/aromatic N) is 5. The first-order valence-corrected chi connectivity index (χ1v) is 9.51. The van der Waals surface area contributed by atoms with Crippen LogP contribution < -0.4 is 10.1 Å². The number of rotatable bonds is 5. The number of carbonyl (C=O) groups excluding carboxylic acids is 1. The Bertz CT molecular complexity index is 1050. The van der Waals surface area contributed by atoms with Gasteiger partial charge >= 0.3 is 6.18 Å². The van der Waals surface area contributed by atoms with E-state index in [1.54, 1.807) is 0 Å². The van der Waals surface area contributed by atoms with Gasteiger partial charge in [-0.05, 0) is 24.6 Å². The third-order valence-corrected chi connectivity index (χ3v) is 4.94. The third-order valence-electron chi connectivity index (χ3n) is 4.94. The second-order valence-corrected chi connectivity index (χ2v) is 7.00. The van der Waals surface area contributed by atoms with Crippen LogP contribution in [-0.4, -0.2) is 57.0 Å². The van der Waals surface area contributed by atoms with E-state index in [1.807, 2.05) is 30.3 Å². The lowest BCUT2D eigenvalue weighted by Gasteiger charge is -2.19. The third kappa shape index (κ3) is 4.30. The molecular weight excluding hydrogens is 413 g/mol. The summed E-state index contributed by atoms with van der Waals surface area (Å²) in [6.45, 7) is 0.632. The van der Waals surface area contributed by atoms with Crippen LogP contribution in [0, 0.1) is 0 Å². The standard InChI is InChI=1S/C20H19F3N6O2/c1-31-17-8-7-16(26-27-17)29-18(20(21,22)23)15(11-24-29)19(30)28-10-9-14(12-28)25-13-5-3-2-4-6-13/h2-8,11,14,25H,9-10,12H2,1H3. The Morgan fingerprint density at radius 1 is 1.16 bits per heavy atom. The lowest BCUT2D eigenvalue weighted by atomic mass is 10.2. The van der Waals surface area contributed by atoms with E-state index in [9.17, 15) is 18.0 Å². The van der Waals surface area contributed by atoms with Gasteiger partial charge in [0.1, 0.15) is 0 Å². The lowest BCUT2D eigenvalue weighted by Crippen LogP contribution is -2.33. The van der Waals surface area contributed by atoms with Crippen LogP contribution in [-0.2, 0) is 6.18 Å². The zero-order valence-corrected chi connectivity index (χ0v) is 16.5. The van der Waals surface area contributed by atoms with Crippen LogP contribution in [0.2, 0.25) is 0 Å². The predicted molar refractivity (Wildman–Crippen MR) is 105 cm³/mol. The van der Waals surface area contributed by atoms with Crippen molar-refractivity contribution in [3.8, 4) is 11.7 Å². The highest BCUT2D eigenvalue weighted by molar-refractivity contribution is 5.95. The Labute approximate surface area is 175 Å². The van der Waals surface area contributed by atoms with Crippen molar-refractivity contribution in [2.75, 3.05) is 25.5 Å². The molecule has 0 radical (unpaired) electrons. The SMILES string of the molecule is COc1ccc(-n2ncc(C(=O)N3CCC(Nc4ccccc4)C3)c2C(F)(F)F)nn1. The monoisotopic (exact) mass is 432 g/mol. The highest BCUT2D eigenvalue weighted by Gasteiger charge is 2.42. The molecule has 11 heteroatoms. The normalized spacial score (nSPS) is 16.4. The van der Waals surface area contributed by atoms with Gasteiger partial charge in [-0.2, -0.15) is 18.3 Å². The molecule has 1 aromatic carbocycles. The van der Waals surface area contributed by atoms with Gasteiger partial charge in [-0.3, -0.25) is 4.79 Å². The van der Waals surface area contributed by atoms with Gasteiger partial charge in [-0.1, -0.05) is 18.2 Å². The average molecular weight is 432 g/mol. The van der Waals surface area contributed by atoms with E-state index in [-0.39, 0.29) is 17.7 Å². The maximum atomic E-state index is 13.9. The number of para-hydroxylation sites is 1. The molecule has 31 heavy (non-hydrogen) atoms. The van der Waals surface area contributed by atoms with E-state index in [0.717, 1.165) is 11.9 Å². The minimum Gasteiger partial charge on any atom is -0.480 e. The fraction of sp³-hybridized carbons (Fsp3) is 0.300. The zero-order chi connectivity index (χ0) is 22.0. The highest BCUT2D eigenvalue weighted by atomic mass is 19.4. The number of nitrogens with one attached hydrogen (secondary N) is 1. The summed E-state index contributed by atoms with van der Waals surface area (Å²) < 4.78 is 47.1. The Morgan fingerprint density at radius 3 is 2.58 bits per heavy atom. The molecule has 1 aliphatic heterocycles. The predicted octanol–water partition coefficient (Wildman–Crippen LogP) is 3.02. The van der Waals surface area contributed by atoms with Crippen LogP contribution in [0.25, 0.3) is 5.82 Å². The van der Waals surface area contributed by atoms with Crippen molar-refractivity contribution in [1.82, 2.24) is 24.9 Å². The van der Waals surface area contributed by atoms with Gasteiger partial charge in [0.2, 0.25) is 5.88 Å². The van der Waals surface area contributed by atoms with Crippen LogP contribution >= 0.6 is 0 Å². The molecule has 1 unspecified atom stereocenters. The van der Waals surface area contributed by atoms with Gasteiger partial charge in [0.05, 0.1) is 18.9 Å². The first kappa shape index (κ1) is 20.6. The van der Waals surface area contributed by atoms with E-state index >= 15 is 0 Å². The second kappa shape index (κ2) is 8.25. The first-order chi connectivity index (χ1) is 14.9. The second-order valence-electron chi connectivity index (χ2n) is 7.00. The average Bonchev–Trinajstić information content (AvgIpc) is 3.41. The van der Waals surface area contributed by atoms with Crippen molar-refractivity contribution in [2.45, 2.75) is 18.6 Å². The summed E-state index contributed by atoms with van der Waals surface area (Å²) in [4.78, 5) is 14.3. The maximum absolute atomic E-state index is 13.9. The summed E-state index contributed by atoms with van der Waals surface area (Å²) >= 11 is 0. The summed E-state index contributed by atoms with van der Waals surface area (Å²) in [5.74, 6) is -0.746. The molecule has 0 aliphatic carbocycles. The number of anilines is 1. The van der Waals surface area contributed by atoms with Gasteiger partial charge in [-0.25, -0.2) is 4.68 Å². The van der Waals surface area contributed by atoms with Crippen molar-refractivity contribution in [3.05, 3.63) is 59.9 Å². The Kier molecular flexibility index (Phi) is 5.49. The van der Waals surface area contributed by atoms with Crippen molar-refractivity contribution >= 4 is 11.6 Å². The molecule has 0 bridgehead atoms. The number of benzene rings is 1. The molecule has 1 atom stereocenters. The summed E-state index contributed by atoms with van der Waals surface area (Å²) in [6, 6.07) is 12.0. The minimum atomic E-state index is -4.81. The number of hydrogen-bond acceptors (Lipinski definition) is 6. The van der Waals surface area contributed by atoms with Gasteiger partial charge in [-0.15, -0.1) is 10.2 Å². The first-order valence-electron chi connectivity index (χ1n) is 9.51. The Morgan fingerprint density at radius 2 is 1.94 bits per heavy atom. The summed E-state index contributed by atoms with van der Waals surface area (Å²) in [5, 5.41) is 14.5. The molecule has 4 rings (SSSR count). The van der Waals surface area contributed by atoms with Crippen LogP contribution in [0.15, 0.2) is 48.7 Å². The molecule has 2 aromatic heterocycles. The summed E-state index contributed by atoms with van der Waals surface area (Å²) in [6.07, 6.45) is -3.26. The lowest BCUT2D eigenvalue weighted by molar-refractivity contribution is -0.143. The largest absolute Gasteiger partial charge is 0.480 e. The van der Waals surface area contributed by atoms with E-state index in [2.05, 4.69) is 20.6 Å². The molecule has 3 heterocycles. The van der Waals surface area contributed by atoms with Crippen LogP contribution in [0.5, 0.6) is 5.88 Å². The molecule has 1 saturated heterocycles. The van der Waals surface area contributed by atoms with Crippen molar-refractivity contribution in [3.63, 3.8) is 0 Å². The zero-order valence-electron chi connectivity index (χ0n) is 16.5. The number of methoxy groups -OCH3 is 1. The molecule has 3 aromatic rings. The number of carbonyl (C=O) groups is 1. The van der Waals surface area contributed by atoms with Gasteiger partial charge in [0.15, 0.2) is 11.5 Å². The number of halogens is 3. The molecule has 1 N–H and O–H groups in total. The number of likely N-dealkylation sites (tertiary alicyclic amines) is 1. The number of hydrogen-bond donors (Lipinski definition) is 1. The van der Waals surface area contributed by atoms with Gasteiger partial charge in [0, 0.05) is 30.9 Å². The van der Waals surface area contributed by atoms with Gasteiger partial charge < -0.3 is 15.0 Å². The Hall–Kier alpha value is -3.63. The molecule has 1 fully saturated rings. The van der Waals surface area contributed by atoms with Gasteiger partial charge in [0.25, 0.3) is 5.91 Å². The number of aromatic nitrogens is 4. The van der Waals surface area contributed by atoms with Crippen molar-refractivity contribution in [1.29, 1.82) is 0 Å². The molecule has 1 aliphatic rings. The molecule has 1 amide bonds. The molecule has 162 valence electrons.